The van der Waals surface area contributed by atoms with Crippen molar-refractivity contribution >= 4 is 17.7 Å². The van der Waals surface area contributed by atoms with Gasteiger partial charge in [-0.2, -0.15) is 0 Å². The Hall–Kier alpha value is -3.29. The molecule has 0 aromatic heterocycles. The lowest BCUT2D eigenvalue weighted by Crippen LogP contribution is -2.43. The van der Waals surface area contributed by atoms with Gasteiger partial charge in [-0.05, 0) is 38.7 Å². The van der Waals surface area contributed by atoms with Gasteiger partial charge in [0.1, 0.15) is 17.4 Å². The second kappa shape index (κ2) is 10.3. The zero-order valence-electron chi connectivity index (χ0n) is 20.8. The van der Waals surface area contributed by atoms with Gasteiger partial charge in [-0.25, -0.2) is 4.79 Å². The van der Waals surface area contributed by atoms with Gasteiger partial charge < -0.3 is 24.3 Å². The highest BCUT2D eigenvalue weighted by molar-refractivity contribution is 6.12. The third kappa shape index (κ3) is 4.54. The van der Waals surface area contributed by atoms with E-state index in [1.807, 2.05) is 20.8 Å². The minimum absolute atomic E-state index is 0.258. The van der Waals surface area contributed by atoms with E-state index in [1.54, 1.807) is 32.2 Å². The topological polar surface area (TPSA) is 100 Å². The van der Waals surface area contributed by atoms with Gasteiger partial charge in [0, 0.05) is 28.6 Å². The monoisotopic (exact) mass is 471 g/mol. The normalized spacial score (nSPS) is 23.0. The lowest BCUT2D eigenvalue weighted by atomic mass is 9.69. The molecule has 4 atom stereocenters. The van der Waals surface area contributed by atoms with Crippen molar-refractivity contribution in [2.24, 2.45) is 11.8 Å². The second-order valence-corrected chi connectivity index (χ2v) is 8.77. The molecule has 0 radical (unpaired) electrons. The fourth-order valence-electron chi connectivity index (χ4n) is 4.65. The summed E-state index contributed by atoms with van der Waals surface area (Å²) in [4.78, 5) is 39.7. The first-order chi connectivity index (χ1) is 16.2. The summed E-state index contributed by atoms with van der Waals surface area (Å²) in [6.45, 7) is 7.38. The average molecular weight is 472 g/mol. The van der Waals surface area contributed by atoms with Crippen molar-refractivity contribution in [3.8, 4) is 11.5 Å². The molecule has 1 aromatic carbocycles. The summed E-state index contributed by atoms with van der Waals surface area (Å²) in [6.07, 6.45) is 0.809. The molecule has 1 aliphatic carbocycles. The van der Waals surface area contributed by atoms with Gasteiger partial charge in [-0.3, -0.25) is 9.59 Å². The number of dihydropyridines is 1. The maximum atomic E-state index is 13.8. The molecule has 1 aromatic rings. The first-order valence-corrected chi connectivity index (χ1v) is 11.4. The second-order valence-electron chi connectivity index (χ2n) is 8.77. The summed E-state index contributed by atoms with van der Waals surface area (Å²) >= 11 is 0. The molecule has 1 aliphatic heterocycles. The number of carbonyl (C=O) groups excluding carboxylic acids is 3. The van der Waals surface area contributed by atoms with Crippen LogP contribution in [0.3, 0.4) is 0 Å². The molecule has 3 rings (SSSR count). The molecule has 0 saturated heterocycles. The molecule has 0 fully saturated rings. The zero-order chi connectivity index (χ0) is 25.2. The van der Waals surface area contributed by atoms with Crippen molar-refractivity contribution in [1.82, 2.24) is 5.32 Å². The van der Waals surface area contributed by atoms with Crippen molar-refractivity contribution in [2.45, 2.75) is 52.6 Å². The van der Waals surface area contributed by atoms with Crippen LogP contribution < -0.4 is 14.8 Å². The van der Waals surface area contributed by atoms with E-state index in [-0.39, 0.29) is 17.8 Å². The highest BCUT2D eigenvalue weighted by Crippen LogP contribution is 2.48. The maximum absolute atomic E-state index is 13.8. The van der Waals surface area contributed by atoms with Gasteiger partial charge in [0.25, 0.3) is 0 Å². The molecule has 0 amide bonds. The van der Waals surface area contributed by atoms with Crippen molar-refractivity contribution in [1.29, 1.82) is 0 Å². The van der Waals surface area contributed by atoms with E-state index >= 15 is 0 Å². The minimum atomic E-state index is -0.956. The van der Waals surface area contributed by atoms with Crippen LogP contribution in [-0.4, -0.2) is 45.2 Å². The van der Waals surface area contributed by atoms with Gasteiger partial charge in [0.15, 0.2) is 5.78 Å². The number of Topliss-reactive ketones (excluding diaryl/α,β-unsaturated/α-hetero) is 1. The molecule has 184 valence electrons. The van der Waals surface area contributed by atoms with Crippen LogP contribution in [0.2, 0.25) is 0 Å². The quantitative estimate of drug-likeness (QED) is 0.475. The van der Waals surface area contributed by atoms with Crippen LogP contribution in [0.1, 0.15) is 52.0 Å². The Morgan fingerprint density at radius 1 is 1.18 bits per heavy atom. The van der Waals surface area contributed by atoms with E-state index in [0.717, 1.165) is 0 Å². The van der Waals surface area contributed by atoms with Crippen LogP contribution in [0.25, 0.3) is 0 Å². The maximum Gasteiger partial charge on any atom is 0.337 e. The Kier molecular flexibility index (Phi) is 7.69. The van der Waals surface area contributed by atoms with Crippen LogP contribution in [0.15, 0.2) is 40.7 Å². The van der Waals surface area contributed by atoms with Gasteiger partial charge in [0.05, 0.1) is 38.9 Å². The molecule has 1 heterocycles. The summed E-state index contributed by atoms with van der Waals surface area (Å²) in [5.41, 5.74) is 2.58. The number of esters is 2. The standard InChI is InChI=1S/C26H33NO7/c1-8-14(3)34-26(30)21-15(4)27-18-11-13(2)20(25(29)33-7)24(28)23(18)22(21)17-10-9-16(31-5)12-19(17)32-6/h9-10,12-14,20,22,27H,8,11H2,1-7H3/t13-,14+,20-,22+/m1/s1. The molecule has 0 unspecified atom stereocenters. The molecule has 34 heavy (non-hydrogen) atoms. The molecule has 2 aliphatic rings. The third-order valence-electron chi connectivity index (χ3n) is 6.60. The summed E-state index contributed by atoms with van der Waals surface area (Å²) in [5, 5.41) is 3.26. The smallest absolute Gasteiger partial charge is 0.337 e. The van der Waals surface area contributed by atoms with Crippen molar-refractivity contribution in [3.05, 3.63) is 46.3 Å². The first-order valence-electron chi connectivity index (χ1n) is 11.4. The van der Waals surface area contributed by atoms with Crippen LogP contribution in [0.4, 0.5) is 0 Å². The number of benzene rings is 1. The highest BCUT2D eigenvalue weighted by atomic mass is 16.5. The van der Waals surface area contributed by atoms with Crippen LogP contribution >= 0.6 is 0 Å². The molecule has 1 N–H and O–H groups in total. The summed E-state index contributed by atoms with van der Waals surface area (Å²) in [5.74, 6) is -2.43. The Balaban J connectivity index is 2.24. The Labute approximate surface area is 200 Å². The number of methoxy groups -OCH3 is 3. The van der Waals surface area contributed by atoms with E-state index in [1.165, 1.54) is 14.2 Å². The predicted molar refractivity (Wildman–Crippen MR) is 125 cm³/mol. The van der Waals surface area contributed by atoms with Crippen molar-refractivity contribution in [2.75, 3.05) is 21.3 Å². The fraction of sp³-hybridized carbons (Fsp3) is 0.500. The van der Waals surface area contributed by atoms with E-state index in [4.69, 9.17) is 18.9 Å². The molecule has 0 bridgehead atoms. The van der Waals surface area contributed by atoms with E-state index < -0.39 is 23.8 Å². The number of hydrogen-bond acceptors (Lipinski definition) is 8. The van der Waals surface area contributed by atoms with Gasteiger partial charge in [-0.15, -0.1) is 0 Å². The van der Waals surface area contributed by atoms with E-state index in [9.17, 15) is 14.4 Å². The first kappa shape index (κ1) is 25.3. The average Bonchev–Trinajstić information content (AvgIpc) is 2.82. The number of ether oxygens (including phenoxy) is 4. The largest absolute Gasteiger partial charge is 0.497 e. The summed E-state index contributed by atoms with van der Waals surface area (Å²) in [6, 6.07) is 5.24. The number of ketones is 1. The SMILES string of the molecule is CC[C@H](C)OC(=O)C1=C(C)NC2=C(C(=O)[C@H](C(=O)OC)[C@H](C)C2)[C@H]1c1ccc(OC)cc1OC. The minimum Gasteiger partial charge on any atom is -0.497 e. The van der Waals surface area contributed by atoms with Crippen LogP contribution in [-0.2, 0) is 23.9 Å². The molecular formula is C26H33NO7. The number of hydrogen-bond donors (Lipinski definition) is 1. The Morgan fingerprint density at radius 3 is 2.47 bits per heavy atom. The lowest BCUT2D eigenvalue weighted by molar-refractivity contribution is -0.151. The number of allylic oxidation sites excluding steroid dienone is 3. The highest BCUT2D eigenvalue weighted by Gasteiger charge is 2.48. The fourth-order valence-corrected chi connectivity index (χ4v) is 4.65. The van der Waals surface area contributed by atoms with Gasteiger partial charge in [-0.1, -0.05) is 19.9 Å². The zero-order valence-corrected chi connectivity index (χ0v) is 20.8. The van der Waals surface area contributed by atoms with E-state index in [0.29, 0.717) is 52.4 Å². The molecule has 0 spiro atoms. The molecule has 0 saturated carbocycles. The number of carbonyl (C=O) groups is 3. The van der Waals surface area contributed by atoms with Crippen LogP contribution in [0, 0.1) is 11.8 Å². The summed E-state index contributed by atoms with van der Waals surface area (Å²) < 4.78 is 21.6. The molecular weight excluding hydrogens is 438 g/mol. The van der Waals surface area contributed by atoms with Crippen molar-refractivity contribution < 1.29 is 33.3 Å². The molecule has 8 nitrogen and oxygen atoms in total. The number of nitrogens with one attached hydrogen (secondary N) is 1. The van der Waals surface area contributed by atoms with E-state index in [2.05, 4.69) is 5.32 Å². The Bertz CT molecular complexity index is 1060. The molecule has 8 heteroatoms. The summed E-state index contributed by atoms with van der Waals surface area (Å²) in [7, 11) is 4.34. The lowest BCUT2D eigenvalue weighted by Gasteiger charge is -2.38. The Morgan fingerprint density at radius 2 is 1.88 bits per heavy atom. The third-order valence-corrected chi connectivity index (χ3v) is 6.60. The van der Waals surface area contributed by atoms with Gasteiger partial charge in [0.2, 0.25) is 0 Å². The van der Waals surface area contributed by atoms with Crippen molar-refractivity contribution in [3.63, 3.8) is 0 Å². The predicted octanol–water partition coefficient (Wildman–Crippen LogP) is 3.66. The van der Waals surface area contributed by atoms with Crippen LogP contribution in [0.5, 0.6) is 11.5 Å². The van der Waals surface area contributed by atoms with Gasteiger partial charge >= 0.3 is 11.9 Å². The number of rotatable bonds is 7.